The van der Waals surface area contributed by atoms with Crippen LogP contribution in [0.3, 0.4) is 0 Å². The molecule has 2 aromatic carbocycles. The maximum atomic E-state index is 12.3. The van der Waals surface area contributed by atoms with Crippen molar-refractivity contribution in [3.05, 3.63) is 68.7 Å². The summed E-state index contributed by atoms with van der Waals surface area (Å²) in [5.41, 5.74) is 0.175. The molecule has 2 aromatic rings. The highest BCUT2D eigenvalue weighted by Gasteiger charge is 2.24. The Morgan fingerprint density at radius 3 is 2.32 bits per heavy atom. The molecule has 0 aliphatic rings. The van der Waals surface area contributed by atoms with Crippen LogP contribution in [-0.2, 0) is 9.84 Å². The van der Waals surface area contributed by atoms with Crippen molar-refractivity contribution in [3.8, 4) is 0 Å². The van der Waals surface area contributed by atoms with Crippen LogP contribution >= 0.6 is 11.6 Å². The minimum absolute atomic E-state index is 0.0000801. The average Bonchev–Trinajstić information content (AvgIpc) is 2.53. The van der Waals surface area contributed by atoms with Crippen LogP contribution in [0.5, 0.6) is 0 Å². The zero-order valence-corrected chi connectivity index (χ0v) is 15.0. The average molecular weight is 383 g/mol. The molecule has 2 rings (SSSR count). The van der Waals surface area contributed by atoms with Gasteiger partial charge in [-0.25, -0.2) is 8.42 Å². The van der Waals surface area contributed by atoms with Crippen molar-refractivity contribution in [1.82, 2.24) is 5.32 Å². The van der Waals surface area contributed by atoms with Crippen LogP contribution < -0.4 is 5.32 Å². The number of amides is 1. The third-order valence-electron chi connectivity index (χ3n) is 3.53. The number of benzene rings is 2. The number of nitrogens with zero attached hydrogens (tertiary/aromatic N) is 1. The van der Waals surface area contributed by atoms with Gasteiger partial charge in [0.25, 0.3) is 11.6 Å². The van der Waals surface area contributed by atoms with Crippen LogP contribution in [0.2, 0.25) is 5.02 Å². The number of carbonyl (C=O) groups excluding carboxylic acids is 1. The molecule has 0 aromatic heterocycles. The first-order valence-electron chi connectivity index (χ1n) is 7.14. The second-order valence-electron chi connectivity index (χ2n) is 5.46. The van der Waals surface area contributed by atoms with E-state index >= 15 is 0 Å². The van der Waals surface area contributed by atoms with Crippen molar-refractivity contribution in [2.24, 2.45) is 0 Å². The van der Waals surface area contributed by atoms with Crippen LogP contribution in [0, 0.1) is 10.1 Å². The van der Waals surface area contributed by atoms with E-state index in [2.05, 4.69) is 5.32 Å². The smallest absolute Gasteiger partial charge is 0.288 e. The molecule has 0 radical (unpaired) electrons. The third kappa shape index (κ3) is 4.55. The molecule has 1 atom stereocenters. The van der Waals surface area contributed by atoms with Gasteiger partial charge in [0.15, 0.2) is 9.84 Å². The van der Waals surface area contributed by atoms with E-state index in [4.69, 9.17) is 11.6 Å². The minimum Gasteiger partial charge on any atom is -0.346 e. The zero-order valence-electron chi connectivity index (χ0n) is 13.4. The first-order valence-corrected chi connectivity index (χ1v) is 9.41. The van der Waals surface area contributed by atoms with Crippen molar-refractivity contribution >= 4 is 33.0 Å². The van der Waals surface area contributed by atoms with E-state index in [9.17, 15) is 23.3 Å². The second-order valence-corrected chi connectivity index (χ2v) is 7.88. The van der Waals surface area contributed by atoms with Crippen molar-refractivity contribution in [2.75, 3.05) is 6.26 Å². The Labute approximate surface area is 149 Å². The fourth-order valence-corrected chi connectivity index (χ4v) is 3.18. The summed E-state index contributed by atoms with van der Waals surface area (Å²) >= 11 is 5.82. The molecule has 0 fully saturated rings. The normalized spacial score (nSPS) is 12.4. The summed E-state index contributed by atoms with van der Waals surface area (Å²) in [6.07, 6.45) is 0.873. The van der Waals surface area contributed by atoms with Gasteiger partial charge in [0.05, 0.1) is 11.0 Å². The summed E-state index contributed by atoms with van der Waals surface area (Å²) in [7, 11) is -3.78. The summed E-state index contributed by atoms with van der Waals surface area (Å²) in [6, 6.07) is 9.78. The van der Waals surface area contributed by atoms with Gasteiger partial charge in [0.2, 0.25) is 0 Å². The van der Waals surface area contributed by atoms with E-state index < -0.39 is 31.3 Å². The molecule has 25 heavy (non-hydrogen) atoms. The summed E-state index contributed by atoms with van der Waals surface area (Å²) in [5, 5.41) is 14.4. The molecular weight excluding hydrogens is 368 g/mol. The van der Waals surface area contributed by atoms with E-state index in [0.717, 1.165) is 24.0 Å². The predicted octanol–water partition coefficient (Wildman–Crippen LogP) is 3.14. The number of halogens is 1. The highest BCUT2D eigenvalue weighted by molar-refractivity contribution is 7.90. The van der Waals surface area contributed by atoms with Gasteiger partial charge in [-0.15, -0.1) is 0 Å². The Kier molecular flexibility index (Phi) is 5.44. The molecule has 7 nitrogen and oxygen atoms in total. The number of hydrogen-bond acceptors (Lipinski definition) is 5. The predicted molar refractivity (Wildman–Crippen MR) is 93.5 cm³/mol. The monoisotopic (exact) mass is 382 g/mol. The molecular formula is C16H15ClN2O5S. The Morgan fingerprint density at radius 2 is 1.80 bits per heavy atom. The highest BCUT2D eigenvalue weighted by Crippen LogP contribution is 2.25. The summed E-state index contributed by atoms with van der Waals surface area (Å²) in [5.74, 6) is -0.550. The molecule has 0 saturated heterocycles. The van der Waals surface area contributed by atoms with Crippen LogP contribution in [0.25, 0.3) is 0 Å². The molecule has 1 N–H and O–H groups in total. The first kappa shape index (κ1) is 18.9. The largest absolute Gasteiger partial charge is 0.346 e. The lowest BCUT2D eigenvalue weighted by molar-refractivity contribution is -0.387. The quantitative estimate of drug-likeness (QED) is 0.631. The van der Waals surface area contributed by atoms with Crippen molar-refractivity contribution in [1.29, 1.82) is 0 Å². The summed E-state index contributed by atoms with van der Waals surface area (Å²) in [4.78, 5) is 22.2. The molecule has 132 valence electrons. The van der Waals surface area contributed by atoms with E-state index in [0.29, 0.717) is 5.02 Å². The van der Waals surface area contributed by atoms with Crippen molar-refractivity contribution in [3.63, 3.8) is 0 Å². The molecule has 0 heterocycles. The number of rotatable bonds is 5. The molecule has 9 heteroatoms. The molecule has 0 saturated carbocycles. The molecule has 0 spiro atoms. The van der Waals surface area contributed by atoms with Gasteiger partial charge in [0, 0.05) is 22.9 Å². The SMILES string of the molecule is CC(NC(=O)c1ccc(S(C)(=O)=O)c([N+](=O)[O-])c1)c1ccc(Cl)cc1. The van der Waals surface area contributed by atoms with Gasteiger partial charge >= 0.3 is 0 Å². The zero-order chi connectivity index (χ0) is 18.8. The lowest BCUT2D eigenvalue weighted by atomic mass is 10.1. The van der Waals surface area contributed by atoms with Crippen LogP contribution in [-0.4, -0.2) is 25.5 Å². The second kappa shape index (κ2) is 7.20. The maximum absolute atomic E-state index is 12.3. The summed E-state index contributed by atoms with van der Waals surface area (Å²) in [6.45, 7) is 1.75. The Bertz CT molecular complexity index is 926. The topological polar surface area (TPSA) is 106 Å². The van der Waals surface area contributed by atoms with E-state index in [1.165, 1.54) is 6.07 Å². The molecule has 1 unspecified atom stereocenters. The lowest BCUT2D eigenvalue weighted by Crippen LogP contribution is -2.26. The number of hydrogen-bond donors (Lipinski definition) is 1. The number of nitro benzene ring substituents is 1. The van der Waals surface area contributed by atoms with Crippen LogP contribution in [0.1, 0.15) is 28.9 Å². The van der Waals surface area contributed by atoms with Gasteiger partial charge in [-0.1, -0.05) is 23.7 Å². The van der Waals surface area contributed by atoms with Gasteiger partial charge in [0.1, 0.15) is 4.90 Å². The van der Waals surface area contributed by atoms with E-state index in [-0.39, 0.29) is 11.6 Å². The van der Waals surface area contributed by atoms with Crippen molar-refractivity contribution < 1.29 is 18.1 Å². The number of carbonyl (C=O) groups is 1. The Hall–Kier alpha value is -2.45. The Balaban J connectivity index is 2.29. The molecule has 0 aliphatic carbocycles. The number of nitrogens with one attached hydrogen (secondary N) is 1. The van der Waals surface area contributed by atoms with E-state index in [1.54, 1.807) is 31.2 Å². The third-order valence-corrected chi connectivity index (χ3v) is 4.93. The minimum atomic E-state index is -3.78. The van der Waals surface area contributed by atoms with Gasteiger partial charge in [-0.3, -0.25) is 14.9 Å². The number of nitro groups is 1. The summed E-state index contributed by atoms with van der Waals surface area (Å²) < 4.78 is 23.2. The fourth-order valence-electron chi connectivity index (χ4n) is 2.23. The first-order chi connectivity index (χ1) is 11.6. The standard InChI is InChI=1S/C16H15ClN2O5S/c1-10(11-3-6-13(17)7-4-11)18-16(20)12-5-8-15(25(2,23)24)14(9-12)19(21)22/h3-10H,1-2H3,(H,18,20). The molecule has 0 bridgehead atoms. The highest BCUT2D eigenvalue weighted by atomic mass is 35.5. The van der Waals surface area contributed by atoms with Gasteiger partial charge < -0.3 is 5.32 Å². The van der Waals surface area contributed by atoms with Gasteiger partial charge in [-0.2, -0.15) is 0 Å². The van der Waals surface area contributed by atoms with Crippen LogP contribution in [0.15, 0.2) is 47.4 Å². The fraction of sp³-hybridized carbons (Fsp3) is 0.188. The lowest BCUT2D eigenvalue weighted by Gasteiger charge is -2.14. The number of sulfone groups is 1. The molecule has 0 aliphatic heterocycles. The van der Waals surface area contributed by atoms with Crippen LogP contribution in [0.4, 0.5) is 5.69 Å². The van der Waals surface area contributed by atoms with Gasteiger partial charge in [-0.05, 0) is 36.8 Å². The maximum Gasteiger partial charge on any atom is 0.288 e. The Morgan fingerprint density at radius 1 is 1.20 bits per heavy atom. The van der Waals surface area contributed by atoms with E-state index in [1.807, 2.05) is 0 Å². The molecule has 1 amide bonds. The van der Waals surface area contributed by atoms with Crippen molar-refractivity contribution in [2.45, 2.75) is 17.9 Å².